The highest BCUT2D eigenvalue weighted by Gasteiger charge is 2.42. The minimum absolute atomic E-state index is 0.0957. The van der Waals surface area contributed by atoms with Crippen molar-refractivity contribution >= 4 is 21.4 Å². The highest BCUT2D eigenvalue weighted by Crippen LogP contribution is 2.46. The Morgan fingerprint density at radius 3 is 2.27 bits per heavy atom. The number of nitrogens with one attached hydrogen (secondary N) is 2. The fourth-order valence-electron chi connectivity index (χ4n) is 2.78. The number of hydrogen-bond donors (Lipinski definition) is 2. The maximum absolute atomic E-state index is 11.8. The first-order chi connectivity index (χ1) is 10.4. The van der Waals surface area contributed by atoms with Gasteiger partial charge in [-0.1, -0.05) is 0 Å². The summed E-state index contributed by atoms with van der Waals surface area (Å²) in [6, 6.07) is 4.29. The molecule has 0 amide bonds. The molecule has 3 rings (SSSR count). The van der Waals surface area contributed by atoms with E-state index in [0.29, 0.717) is 17.5 Å². The second-order valence-electron chi connectivity index (χ2n) is 5.99. The first kappa shape index (κ1) is 15.2. The summed E-state index contributed by atoms with van der Waals surface area (Å²) in [6.45, 7) is 0. The van der Waals surface area contributed by atoms with Crippen LogP contribution in [0.1, 0.15) is 25.7 Å². The second kappa shape index (κ2) is 5.51. The third kappa shape index (κ3) is 3.07. The van der Waals surface area contributed by atoms with Gasteiger partial charge >= 0.3 is 0 Å². The number of nitro benzene ring substituents is 1. The SMILES string of the molecule is CNS(=O)(=O)c1ccc(NC(C2CC2)C2CC2)c([N+](=O)[O-])c1. The average molecular weight is 325 g/mol. The van der Waals surface area contributed by atoms with Crippen LogP contribution in [0.2, 0.25) is 0 Å². The summed E-state index contributed by atoms with van der Waals surface area (Å²) in [4.78, 5) is 10.7. The van der Waals surface area contributed by atoms with Crippen LogP contribution in [0.5, 0.6) is 0 Å². The van der Waals surface area contributed by atoms with Crippen molar-refractivity contribution < 1.29 is 13.3 Å². The third-order valence-electron chi connectivity index (χ3n) is 4.33. The smallest absolute Gasteiger partial charge is 0.293 e. The number of nitrogens with zero attached hydrogens (tertiary/aromatic N) is 1. The van der Waals surface area contributed by atoms with Gasteiger partial charge < -0.3 is 5.32 Å². The number of sulfonamides is 1. The van der Waals surface area contributed by atoms with Gasteiger partial charge in [-0.3, -0.25) is 10.1 Å². The van der Waals surface area contributed by atoms with Gasteiger partial charge in [-0.05, 0) is 56.7 Å². The molecule has 2 aliphatic rings. The molecule has 2 aliphatic carbocycles. The maximum atomic E-state index is 11.8. The van der Waals surface area contributed by atoms with E-state index >= 15 is 0 Å². The number of nitro groups is 1. The van der Waals surface area contributed by atoms with Crippen molar-refractivity contribution in [3.63, 3.8) is 0 Å². The Morgan fingerprint density at radius 2 is 1.82 bits per heavy atom. The summed E-state index contributed by atoms with van der Waals surface area (Å²) >= 11 is 0. The zero-order valence-electron chi connectivity index (χ0n) is 12.3. The molecular weight excluding hydrogens is 306 g/mol. The Kier molecular flexibility index (Phi) is 3.82. The fourth-order valence-corrected chi connectivity index (χ4v) is 3.53. The second-order valence-corrected chi connectivity index (χ2v) is 7.88. The Morgan fingerprint density at radius 1 is 1.23 bits per heavy atom. The molecule has 1 aromatic carbocycles. The topological polar surface area (TPSA) is 101 Å². The zero-order valence-corrected chi connectivity index (χ0v) is 13.1. The molecule has 0 saturated heterocycles. The van der Waals surface area contributed by atoms with Crippen molar-refractivity contribution in [2.45, 2.75) is 36.6 Å². The van der Waals surface area contributed by atoms with Crippen LogP contribution in [-0.4, -0.2) is 26.4 Å². The van der Waals surface area contributed by atoms with E-state index in [1.807, 2.05) is 0 Å². The van der Waals surface area contributed by atoms with Gasteiger partial charge in [0, 0.05) is 12.1 Å². The highest BCUT2D eigenvalue weighted by molar-refractivity contribution is 7.89. The first-order valence-electron chi connectivity index (χ1n) is 7.41. The van der Waals surface area contributed by atoms with Gasteiger partial charge in [0.05, 0.1) is 9.82 Å². The van der Waals surface area contributed by atoms with Crippen LogP contribution in [0.25, 0.3) is 0 Å². The van der Waals surface area contributed by atoms with Gasteiger partial charge in [0.2, 0.25) is 10.0 Å². The number of rotatable bonds is 7. The molecule has 0 heterocycles. The van der Waals surface area contributed by atoms with Crippen molar-refractivity contribution in [2.24, 2.45) is 11.8 Å². The zero-order chi connectivity index (χ0) is 15.9. The van der Waals surface area contributed by atoms with Crippen molar-refractivity contribution in [3.05, 3.63) is 28.3 Å². The molecule has 1 aromatic rings. The Bertz CT molecular complexity index is 684. The molecule has 2 fully saturated rings. The van der Waals surface area contributed by atoms with E-state index in [4.69, 9.17) is 0 Å². The standard InChI is InChI=1S/C14H19N3O4S/c1-15-22(20,21)11-6-7-12(13(8-11)17(18)19)16-14(9-2-3-9)10-4-5-10/h6-10,14-16H,2-5H2,1H3. The minimum atomic E-state index is -3.69. The van der Waals surface area contributed by atoms with E-state index in [2.05, 4.69) is 10.0 Å². The quantitative estimate of drug-likeness (QED) is 0.590. The van der Waals surface area contributed by atoms with Crippen LogP contribution in [0.15, 0.2) is 23.1 Å². The van der Waals surface area contributed by atoms with Crippen LogP contribution >= 0.6 is 0 Å². The van der Waals surface area contributed by atoms with Crippen LogP contribution in [0, 0.1) is 22.0 Å². The third-order valence-corrected chi connectivity index (χ3v) is 5.74. The summed E-state index contributed by atoms with van der Waals surface area (Å²) in [5.41, 5.74) is 0.214. The van der Waals surface area contributed by atoms with Gasteiger partial charge in [-0.2, -0.15) is 0 Å². The molecule has 22 heavy (non-hydrogen) atoms. The van der Waals surface area contributed by atoms with E-state index in [1.165, 1.54) is 19.2 Å². The molecule has 0 aromatic heterocycles. The van der Waals surface area contributed by atoms with Crippen molar-refractivity contribution in [2.75, 3.05) is 12.4 Å². The number of benzene rings is 1. The fraction of sp³-hybridized carbons (Fsp3) is 0.571. The molecule has 0 unspecified atom stereocenters. The van der Waals surface area contributed by atoms with Gasteiger partial charge in [0.1, 0.15) is 5.69 Å². The lowest BCUT2D eigenvalue weighted by atomic mass is 10.1. The van der Waals surface area contributed by atoms with E-state index in [-0.39, 0.29) is 16.6 Å². The minimum Gasteiger partial charge on any atom is -0.376 e. The molecule has 2 N–H and O–H groups in total. The van der Waals surface area contributed by atoms with Crippen LogP contribution in [-0.2, 0) is 10.0 Å². The lowest BCUT2D eigenvalue weighted by Crippen LogP contribution is -2.25. The van der Waals surface area contributed by atoms with Gasteiger partial charge in [0.15, 0.2) is 0 Å². The van der Waals surface area contributed by atoms with E-state index < -0.39 is 14.9 Å². The lowest BCUT2D eigenvalue weighted by Gasteiger charge is -2.19. The van der Waals surface area contributed by atoms with Crippen molar-refractivity contribution in [3.8, 4) is 0 Å². The monoisotopic (exact) mass is 325 g/mol. The van der Waals surface area contributed by atoms with Crippen LogP contribution in [0.3, 0.4) is 0 Å². The van der Waals surface area contributed by atoms with Gasteiger partial charge in [-0.25, -0.2) is 13.1 Å². The van der Waals surface area contributed by atoms with Crippen LogP contribution in [0.4, 0.5) is 11.4 Å². The summed E-state index contributed by atoms with van der Waals surface area (Å²) in [5.74, 6) is 1.18. The lowest BCUT2D eigenvalue weighted by molar-refractivity contribution is -0.384. The average Bonchev–Trinajstić information content (AvgIpc) is 3.38. The molecule has 0 radical (unpaired) electrons. The largest absolute Gasteiger partial charge is 0.376 e. The maximum Gasteiger partial charge on any atom is 0.293 e. The van der Waals surface area contributed by atoms with E-state index in [1.54, 1.807) is 0 Å². The first-order valence-corrected chi connectivity index (χ1v) is 8.89. The molecule has 0 spiro atoms. The molecule has 0 bridgehead atoms. The molecule has 0 aliphatic heterocycles. The Balaban J connectivity index is 1.91. The van der Waals surface area contributed by atoms with Gasteiger partial charge in [0.25, 0.3) is 5.69 Å². The summed E-state index contributed by atoms with van der Waals surface area (Å²) < 4.78 is 25.8. The highest BCUT2D eigenvalue weighted by atomic mass is 32.2. The summed E-state index contributed by atoms with van der Waals surface area (Å²) in [6.07, 6.45) is 4.64. The number of hydrogen-bond acceptors (Lipinski definition) is 5. The molecular formula is C14H19N3O4S. The van der Waals surface area contributed by atoms with Gasteiger partial charge in [-0.15, -0.1) is 0 Å². The molecule has 2 saturated carbocycles. The van der Waals surface area contributed by atoms with Crippen molar-refractivity contribution in [1.82, 2.24) is 4.72 Å². The molecule has 8 heteroatoms. The van der Waals surface area contributed by atoms with Crippen LogP contribution < -0.4 is 10.0 Å². The Labute approximate surface area is 129 Å². The predicted octanol–water partition coefficient (Wildman–Crippen LogP) is 2.10. The summed E-state index contributed by atoms with van der Waals surface area (Å²) in [5, 5.41) is 14.6. The predicted molar refractivity (Wildman–Crippen MR) is 82.2 cm³/mol. The normalized spacial score (nSPS) is 18.5. The molecule has 120 valence electrons. The summed E-state index contributed by atoms with van der Waals surface area (Å²) in [7, 11) is -2.41. The van der Waals surface area contributed by atoms with Crippen molar-refractivity contribution in [1.29, 1.82) is 0 Å². The Hall–Kier alpha value is -1.67. The number of anilines is 1. The van der Waals surface area contributed by atoms with E-state index in [9.17, 15) is 18.5 Å². The molecule has 0 atom stereocenters. The van der Waals surface area contributed by atoms with E-state index in [0.717, 1.165) is 31.7 Å². The molecule has 7 nitrogen and oxygen atoms in total.